The molecule has 2 rings (SSSR count). The molecule has 1 saturated carbocycles. The Morgan fingerprint density at radius 1 is 1.37 bits per heavy atom. The number of methoxy groups -OCH3 is 1. The standard InChI is InChI=1S/C15H20O3S/c1-17-14(16)12-5-4-6-13(9-12)18-10-15(11-19)7-2-3-8-15/h4-6,9,19H,2-3,7-8,10-11H2,1H3. The first-order chi connectivity index (χ1) is 9.19. The molecule has 1 aromatic rings. The molecular formula is C15H20O3S. The summed E-state index contributed by atoms with van der Waals surface area (Å²) in [5, 5.41) is 0. The zero-order valence-electron chi connectivity index (χ0n) is 11.2. The van der Waals surface area contributed by atoms with Gasteiger partial charge < -0.3 is 9.47 Å². The summed E-state index contributed by atoms with van der Waals surface area (Å²) >= 11 is 4.46. The van der Waals surface area contributed by atoms with Crippen LogP contribution in [-0.4, -0.2) is 25.4 Å². The maximum Gasteiger partial charge on any atom is 0.337 e. The quantitative estimate of drug-likeness (QED) is 0.663. The number of esters is 1. The molecule has 0 bridgehead atoms. The van der Waals surface area contributed by atoms with E-state index >= 15 is 0 Å². The monoisotopic (exact) mass is 280 g/mol. The number of thiol groups is 1. The number of benzene rings is 1. The summed E-state index contributed by atoms with van der Waals surface area (Å²) in [5.41, 5.74) is 0.719. The van der Waals surface area contributed by atoms with Crippen molar-refractivity contribution in [2.75, 3.05) is 19.5 Å². The normalized spacial score (nSPS) is 17.2. The van der Waals surface area contributed by atoms with Crippen LogP contribution in [-0.2, 0) is 4.74 Å². The van der Waals surface area contributed by atoms with E-state index in [2.05, 4.69) is 12.6 Å². The van der Waals surface area contributed by atoms with Crippen molar-refractivity contribution in [3.05, 3.63) is 29.8 Å². The molecule has 0 saturated heterocycles. The molecule has 0 amide bonds. The van der Waals surface area contributed by atoms with Crippen LogP contribution in [0.1, 0.15) is 36.0 Å². The summed E-state index contributed by atoms with van der Waals surface area (Å²) in [5.74, 6) is 1.23. The predicted molar refractivity (Wildman–Crippen MR) is 78.0 cm³/mol. The van der Waals surface area contributed by atoms with Crippen molar-refractivity contribution in [2.45, 2.75) is 25.7 Å². The molecule has 4 heteroatoms. The van der Waals surface area contributed by atoms with Crippen LogP contribution in [0.15, 0.2) is 24.3 Å². The number of ether oxygens (including phenoxy) is 2. The highest BCUT2D eigenvalue weighted by atomic mass is 32.1. The first-order valence-electron chi connectivity index (χ1n) is 6.61. The van der Waals surface area contributed by atoms with Crippen molar-refractivity contribution in [3.8, 4) is 5.75 Å². The van der Waals surface area contributed by atoms with Crippen molar-refractivity contribution >= 4 is 18.6 Å². The van der Waals surface area contributed by atoms with Gasteiger partial charge in [0.1, 0.15) is 5.75 Å². The lowest BCUT2D eigenvalue weighted by molar-refractivity contribution is 0.0600. The van der Waals surface area contributed by atoms with Gasteiger partial charge in [-0.25, -0.2) is 4.79 Å². The fourth-order valence-electron chi connectivity index (χ4n) is 2.54. The van der Waals surface area contributed by atoms with Crippen molar-refractivity contribution in [1.82, 2.24) is 0 Å². The highest BCUT2D eigenvalue weighted by Gasteiger charge is 2.33. The lowest BCUT2D eigenvalue weighted by Crippen LogP contribution is -2.27. The van der Waals surface area contributed by atoms with Gasteiger partial charge in [-0.15, -0.1) is 0 Å². The lowest BCUT2D eigenvalue weighted by atomic mass is 9.90. The van der Waals surface area contributed by atoms with Crippen LogP contribution in [0.2, 0.25) is 0 Å². The molecule has 0 unspecified atom stereocenters. The Balaban J connectivity index is 2.01. The molecule has 0 aliphatic heterocycles. The Hall–Kier alpha value is -1.16. The second kappa shape index (κ2) is 6.33. The molecule has 1 aromatic carbocycles. The van der Waals surface area contributed by atoms with Gasteiger partial charge in [0.2, 0.25) is 0 Å². The van der Waals surface area contributed by atoms with Crippen LogP contribution in [0.5, 0.6) is 5.75 Å². The average molecular weight is 280 g/mol. The summed E-state index contributed by atoms with van der Waals surface area (Å²) in [6, 6.07) is 7.13. The third-order valence-electron chi connectivity index (χ3n) is 3.80. The molecule has 0 aromatic heterocycles. The summed E-state index contributed by atoms with van der Waals surface area (Å²) in [6.45, 7) is 0.668. The average Bonchev–Trinajstić information content (AvgIpc) is 2.94. The van der Waals surface area contributed by atoms with Crippen LogP contribution in [0, 0.1) is 5.41 Å². The van der Waals surface area contributed by atoms with E-state index in [-0.39, 0.29) is 11.4 Å². The molecule has 0 N–H and O–H groups in total. The van der Waals surface area contributed by atoms with Crippen LogP contribution in [0.3, 0.4) is 0 Å². The molecule has 0 spiro atoms. The van der Waals surface area contributed by atoms with Crippen molar-refractivity contribution < 1.29 is 14.3 Å². The van der Waals surface area contributed by atoms with Gasteiger partial charge in [-0.05, 0) is 36.8 Å². The van der Waals surface area contributed by atoms with Crippen molar-refractivity contribution in [3.63, 3.8) is 0 Å². The Kier molecular flexibility index (Phi) is 4.75. The summed E-state index contributed by atoms with van der Waals surface area (Å²) in [4.78, 5) is 11.5. The second-order valence-corrected chi connectivity index (χ2v) is 5.49. The van der Waals surface area contributed by atoms with E-state index in [4.69, 9.17) is 9.47 Å². The van der Waals surface area contributed by atoms with Gasteiger partial charge in [-0.3, -0.25) is 0 Å². The molecule has 19 heavy (non-hydrogen) atoms. The summed E-state index contributed by atoms with van der Waals surface area (Å²) in [7, 11) is 1.38. The number of rotatable bonds is 5. The molecule has 1 aliphatic carbocycles. The van der Waals surface area contributed by atoms with Gasteiger partial charge in [0.15, 0.2) is 0 Å². The molecule has 0 radical (unpaired) electrons. The lowest BCUT2D eigenvalue weighted by Gasteiger charge is -2.26. The Morgan fingerprint density at radius 2 is 2.11 bits per heavy atom. The third-order valence-corrected chi connectivity index (χ3v) is 4.47. The molecule has 1 aliphatic rings. The van der Waals surface area contributed by atoms with Crippen molar-refractivity contribution in [1.29, 1.82) is 0 Å². The molecule has 0 atom stereocenters. The zero-order chi connectivity index (χ0) is 13.7. The zero-order valence-corrected chi connectivity index (χ0v) is 12.1. The van der Waals surface area contributed by atoms with Gasteiger partial charge in [0.05, 0.1) is 19.3 Å². The second-order valence-electron chi connectivity index (χ2n) is 5.17. The van der Waals surface area contributed by atoms with E-state index in [1.807, 2.05) is 12.1 Å². The Morgan fingerprint density at radius 3 is 2.74 bits per heavy atom. The Labute approximate surface area is 119 Å². The highest BCUT2D eigenvalue weighted by Crippen LogP contribution is 2.39. The minimum Gasteiger partial charge on any atom is -0.493 e. The van der Waals surface area contributed by atoms with E-state index in [1.54, 1.807) is 12.1 Å². The number of carbonyl (C=O) groups is 1. The topological polar surface area (TPSA) is 35.5 Å². The van der Waals surface area contributed by atoms with Crippen LogP contribution in [0.4, 0.5) is 0 Å². The van der Waals surface area contributed by atoms with Gasteiger partial charge in [0, 0.05) is 5.41 Å². The van der Waals surface area contributed by atoms with Gasteiger partial charge in [-0.2, -0.15) is 12.6 Å². The first-order valence-corrected chi connectivity index (χ1v) is 7.24. The van der Waals surface area contributed by atoms with Gasteiger partial charge in [-0.1, -0.05) is 18.9 Å². The first kappa shape index (κ1) is 14.3. The predicted octanol–water partition coefficient (Wildman–Crippen LogP) is 3.34. The third kappa shape index (κ3) is 3.44. The van der Waals surface area contributed by atoms with Crippen molar-refractivity contribution in [2.24, 2.45) is 5.41 Å². The number of hydrogen-bond acceptors (Lipinski definition) is 4. The molecule has 3 nitrogen and oxygen atoms in total. The number of hydrogen-bond donors (Lipinski definition) is 1. The van der Waals surface area contributed by atoms with Crippen LogP contribution < -0.4 is 4.74 Å². The van der Waals surface area contributed by atoms with Gasteiger partial charge in [0.25, 0.3) is 0 Å². The molecule has 0 heterocycles. The Bertz CT molecular complexity index is 439. The van der Waals surface area contributed by atoms with E-state index in [9.17, 15) is 4.79 Å². The molecule has 1 fully saturated rings. The maximum atomic E-state index is 11.5. The van der Waals surface area contributed by atoms with E-state index in [1.165, 1.54) is 32.8 Å². The van der Waals surface area contributed by atoms with Crippen LogP contribution >= 0.6 is 12.6 Å². The molecule has 104 valence electrons. The minimum absolute atomic E-state index is 0.199. The fourth-order valence-corrected chi connectivity index (χ4v) is 2.95. The van der Waals surface area contributed by atoms with E-state index < -0.39 is 0 Å². The molecular weight excluding hydrogens is 260 g/mol. The highest BCUT2D eigenvalue weighted by molar-refractivity contribution is 7.80. The largest absolute Gasteiger partial charge is 0.493 e. The van der Waals surface area contributed by atoms with Crippen LogP contribution in [0.25, 0.3) is 0 Å². The maximum absolute atomic E-state index is 11.5. The fraction of sp³-hybridized carbons (Fsp3) is 0.533. The van der Waals surface area contributed by atoms with E-state index in [0.29, 0.717) is 12.2 Å². The minimum atomic E-state index is -0.338. The SMILES string of the molecule is COC(=O)c1cccc(OCC2(CS)CCCC2)c1. The number of carbonyl (C=O) groups excluding carboxylic acids is 1. The smallest absolute Gasteiger partial charge is 0.337 e. The summed E-state index contributed by atoms with van der Waals surface area (Å²) < 4.78 is 10.6. The van der Waals surface area contributed by atoms with Gasteiger partial charge >= 0.3 is 5.97 Å². The summed E-state index contributed by atoms with van der Waals surface area (Å²) in [6.07, 6.45) is 4.86. The van der Waals surface area contributed by atoms with E-state index in [0.717, 1.165) is 11.5 Å².